The van der Waals surface area contributed by atoms with Gasteiger partial charge in [-0.1, -0.05) is 24.3 Å². The summed E-state index contributed by atoms with van der Waals surface area (Å²) in [5, 5.41) is 1.78. The van der Waals surface area contributed by atoms with E-state index in [0.29, 0.717) is 8.79 Å². The number of rotatable bonds is 11. The van der Waals surface area contributed by atoms with Gasteiger partial charge in [0.2, 0.25) is 0 Å². The van der Waals surface area contributed by atoms with Crippen molar-refractivity contribution >= 4 is 51.4 Å². The minimum Gasteiger partial charge on any atom is -0.401 e. The van der Waals surface area contributed by atoms with Crippen LogP contribution in [0.1, 0.15) is 11.1 Å². The van der Waals surface area contributed by atoms with Crippen LogP contribution in [0.15, 0.2) is 48.5 Å². The van der Waals surface area contributed by atoms with Gasteiger partial charge in [0.1, 0.15) is 6.35 Å². The summed E-state index contributed by atoms with van der Waals surface area (Å²) >= 11 is 0. The van der Waals surface area contributed by atoms with E-state index in [-0.39, 0.29) is 6.35 Å². The minimum absolute atomic E-state index is 0.0794. The molecule has 2 rings (SSSR count). The van der Waals surface area contributed by atoms with Crippen molar-refractivity contribution in [2.24, 2.45) is 0 Å². The molecule has 7 radical (unpaired) electrons. The molecule has 0 atom stereocenters. The van der Waals surface area contributed by atoms with E-state index in [1.165, 1.54) is 0 Å². The van der Waals surface area contributed by atoms with Gasteiger partial charge in [-0.3, -0.25) is 7.57 Å². The van der Waals surface area contributed by atoms with Crippen molar-refractivity contribution in [3.05, 3.63) is 59.7 Å². The second kappa shape index (κ2) is 10.4. The molecule has 0 amide bonds. The summed E-state index contributed by atoms with van der Waals surface area (Å²) in [6, 6.07) is 16.0. The van der Waals surface area contributed by atoms with E-state index >= 15 is 0 Å². The highest BCUT2D eigenvalue weighted by Gasteiger charge is 2.27. The largest absolute Gasteiger partial charge is 0.480 e. The first kappa shape index (κ1) is 27.1. The molecule has 0 aromatic heterocycles. The highest BCUT2D eigenvalue weighted by Crippen LogP contribution is 2.51. The highest BCUT2D eigenvalue weighted by atomic mass is 32.2. The van der Waals surface area contributed by atoms with E-state index in [1.54, 1.807) is 0 Å². The maximum absolute atomic E-state index is 11.7. The molecular weight excluding hydrogens is 436 g/mol. The monoisotopic (exact) mass is 469 g/mol. The molecule has 0 bridgehead atoms. The van der Waals surface area contributed by atoms with E-state index in [0.717, 1.165) is 53.9 Å². The third kappa shape index (κ3) is 9.03. The van der Waals surface area contributed by atoms with Crippen LogP contribution in [-0.4, -0.2) is 94.6 Å². The summed E-state index contributed by atoms with van der Waals surface area (Å²) in [5.41, 5.74) is 2.30. The Hall–Kier alpha value is -1.11. The lowest BCUT2D eigenvalue weighted by Crippen LogP contribution is -2.38. The number of hydrogen-bond acceptors (Lipinski definition) is 3. The lowest BCUT2D eigenvalue weighted by molar-refractivity contribution is -0.772. The molecule has 0 spiro atoms. The Kier molecular flexibility index (Phi) is 8.86. The van der Waals surface area contributed by atoms with Crippen molar-refractivity contribution in [2.45, 2.75) is 12.8 Å². The predicted molar refractivity (Wildman–Crippen MR) is 138 cm³/mol. The van der Waals surface area contributed by atoms with E-state index in [2.05, 4.69) is 0 Å². The van der Waals surface area contributed by atoms with Gasteiger partial charge in [0.25, 0.3) is 10.1 Å². The van der Waals surface area contributed by atoms with Crippen LogP contribution in [-0.2, 0) is 27.1 Å². The number of benzene rings is 2. The molecule has 0 heterocycles. The Labute approximate surface area is 199 Å². The molecular formula is C22H33B3N2O3PS+2. The fraction of sp³-hybridized carbons (Fsp3) is 0.455. The van der Waals surface area contributed by atoms with Gasteiger partial charge in [-0.25, -0.2) is 4.18 Å². The molecule has 0 N–H and O–H groups in total. The highest BCUT2D eigenvalue weighted by molar-refractivity contribution is 8.08. The fourth-order valence-corrected chi connectivity index (χ4v) is 6.56. The molecule has 0 saturated carbocycles. The summed E-state index contributed by atoms with van der Waals surface area (Å²) in [7, 11) is 20.6. The zero-order valence-electron chi connectivity index (χ0n) is 19.9. The van der Waals surface area contributed by atoms with Gasteiger partial charge in [-0.2, -0.15) is 15.6 Å². The molecule has 167 valence electrons. The normalized spacial score (nSPS) is 13.3. The minimum atomic E-state index is -3.62. The molecule has 0 aliphatic rings. The standard InChI is InChI=1S/C22H33B3N2O3PS/c1-26(2,23)16-14-19-6-10-21(11-7-19)31(25,18-30-32(5,28)29)22-12-8-20(9-13-22)15-17-27(3,4)24/h6-13H,14-18H2,1-5H3/q+2. The van der Waals surface area contributed by atoms with Crippen LogP contribution < -0.4 is 10.6 Å². The van der Waals surface area contributed by atoms with E-state index in [4.69, 9.17) is 27.7 Å². The van der Waals surface area contributed by atoms with Gasteiger partial charge >= 0.3 is 16.0 Å². The van der Waals surface area contributed by atoms with Gasteiger partial charge in [0, 0.05) is 51.6 Å². The van der Waals surface area contributed by atoms with Crippen LogP contribution >= 0.6 is 7.14 Å². The Morgan fingerprint density at radius 3 is 1.44 bits per heavy atom. The predicted octanol–water partition coefficient (Wildman–Crippen LogP) is 1.08. The molecule has 2 aromatic rings. The molecule has 0 aliphatic heterocycles. The molecule has 0 unspecified atom stereocenters. The molecule has 0 saturated heterocycles. The molecule has 0 fully saturated rings. The molecule has 32 heavy (non-hydrogen) atoms. The maximum atomic E-state index is 11.7. The van der Waals surface area contributed by atoms with Crippen molar-refractivity contribution in [1.29, 1.82) is 0 Å². The molecule has 10 heteroatoms. The average Bonchev–Trinajstić information content (AvgIpc) is 2.68. The molecule has 0 aliphatic carbocycles. The van der Waals surface area contributed by atoms with Gasteiger partial charge in [-0.05, 0) is 35.4 Å². The third-order valence-corrected chi connectivity index (χ3v) is 8.91. The van der Waals surface area contributed by atoms with Crippen molar-refractivity contribution < 1.29 is 21.4 Å². The van der Waals surface area contributed by atoms with Gasteiger partial charge < -0.3 is 8.79 Å². The van der Waals surface area contributed by atoms with E-state index in [1.807, 2.05) is 76.7 Å². The third-order valence-electron chi connectivity index (χ3n) is 5.22. The first-order valence-corrected chi connectivity index (χ1v) is 14.4. The lowest BCUT2D eigenvalue weighted by Gasteiger charge is -2.36. The van der Waals surface area contributed by atoms with Crippen LogP contribution in [0, 0.1) is 0 Å². The van der Waals surface area contributed by atoms with E-state index in [9.17, 15) is 8.42 Å². The molecule has 2 aromatic carbocycles. The zero-order valence-corrected chi connectivity index (χ0v) is 21.6. The van der Waals surface area contributed by atoms with Crippen LogP contribution in [0.4, 0.5) is 0 Å². The Morgan fingerprint density at radius 1 is 0.812 bits per heavy atom. The smallest absolute Gasteiger partial charge is 0.401 e. The first-order chi connectivity index (χ1) is 14.6. The van der Waals surface area contributed by atoms with Gasteiger partial charge in [-0.15, -0.1) is 0 Å². The second-order valence-corrected chi connectivity index (χ2v) is 14.3. The lowest BCUT2D eigenvalue weighted by atomic mass is 10.1. The summed E-state index contributed by atoms with van der Waals surface area (Å²) in [6.45, 7) is 1.61. The zero-order chi connectivity index (χ0) is 24.2. The quantitative estimate of drug-likeness (QED) is 0.281. The number of likely N-dealkylation sites (N-methyl/N-ethyl adjacent to an activating group) is 2. The van der Waals surface area contributed by atoms with Crippen LogP contribution in [0.25, 0.3) is 0 Å². The second-order valence-electron chi connectivity index (χ2n) is 9.66. The summed E-state index contributed by atoms with van der Waals surface area (Å²) in [5.74, 6) is 0. The number of nitrogens with zero attached hydrogens (tertiary/aromatic N) is 2. The van der Waals surface area contributed by atoms with Crippen LogP contribution in [0.5, 0.6) is 0 Å². The van der Waals surface area contributed by atoms with Crippen molar-refractivity contribution in [1.82, 2.24) is 0 Å². The summed E-state index contributed by atoms with van der Waals surface area (Å²) in [6.07, 6.45) is 2.64. The SMILES string of the molecule is [B][N+](C)(C)CCc1ccc([P+]([B-])(COS(C)(=O)=O)c2ccc(CC[N+]([B])(C)C)cc2)cc1. The summed E-state index contributed by atoms with van der Waals surface area (Å²) in [4.78, 5) is 0. The molecule has 5 nitrogen and oxygen atoms in total. The Bertz CT molecular complexity index is 926. The van der Waals surface area contributed by atoms with Crippen LogP contribution in [0.2, 0.25) is 0 Å². The van der Waals surface area contributed by atoms with Crippen molar-refractivity contribution in [3.63, 3.8) is 0 Å². The topological polar surface area (TPSA) is 43.4 Å². The van der Waals surface area contributed by atoms with Crippen molar-refractivity contribution in [3.8, 4) is 0 Å². The van der Waals surface area contributed by atoms with E-state index < -0.39 is 17.3 Å². The number of hydrogen-bond donors (Lipinski definition) is 0. The Balaban J connectivity index is 2.31. The van der Waals surface area contributed by atoms with Gasteiger partial charge in [0.05, 0.1) is 19.3 Å². The van der Waals surface area contributed by atoms with Gasteiger partial charge in [0.15, 0.2) is 0 Å². The van der Waals surface area contributed by atoms with Crippen LogP contribution in [0.3, 0.4) is 0 Å². The summed E-state index contributed by atoms with van der Waals surface area (Å²) < 4.78 is 29.4. The first-order valence-electron chi connectivity index (χ1n) is 10.5. The average molecular weight is 469 g/mol. The van der Waals surface area contributed by atoms with Crippen molar-refractivity contribution in [2.75, 3.05) is 53.9 Å². The fourth-order valence-electron chi connectivity index (χ4n) is 3.17. The number of quaternary nitrogens is 2. The Morgan fingerprint density at radius 2 is 1.16 bits per heavy atom. The maximum Gasteiger partial charge on any atom is 0.480 e.